The molecule has 2 rings (SSSR count). The molecule has 2 atom stereocenters. The third-order valence-corrected chi connectivity index (χ3v) is 3.17. The Morgan fingerprint density at radius 3 is 2.72 bits per heavy atom. The quantitative estimate of drug-likeness (QED) is 0.851. The molecule has 0 heterocycles. The van der Waals surface area contributed by atoms with E-state index in [2.05, 4.69) is 17.4 Å². The van der Waals surface area contributed by atoms with Gasteiger partial charge in [0.05, 0.1) is 0 Å². The van der Waals surface area contributed by atoms with Crippen molar-refractivity contribution >= 4 is 5.78 Å². The summed E-state index contributed by atoms with van der Waals surface area (Å²) in [4.78, 5) is 11.8. The molecule has 3 N–H and O–H groups in total. The molecule has 0 aromatic heterocycles. The van der Waals surface area contributed by atoms with E-state index >= 15 is 0 Å². The van der Waals surface area contributed by atoms with E-state index in [0.29, 0.717) is 18.9 Å². The number of allylic oxidation sites excluding steroid dienone is 2. The van der Waals surface area contributed by atoms with Crippen LogP contribution in [0.2, 0.25) is 0 Å². The Balaban J connectivity index is 2.05. The molecule has 0 spiro atoms. The van der Waals surface area contributed by atoms with Crippen LogP contribution >= 0.6 is 0 Å². The minimum Gasteiger partial charge on any atom is -0.387 e. The van der Waals surface area contributed by atoms with Gasteiger partial charge in [-0.1, -0.05) is 30.3 Å². The number of ketones is 1. The van der Waals surface area contributed by atoms with Crippen molar-refractivity contribution in [2.75, 3.05) is 6.54 Å². The molecule has 2 unspecified atom stereocenters. The van der Waals surface area contributed by atoms with Crippen molar-refractivity contribution in [1.82, 2.24) is 5.32 Å². The van der Waals surface area contributed by atoms with Crippen LogP contribution in [0.25, 0.3) is 0 Å². The van der Waals surface area contributed by atoms with Gasteiger partial charge in [-0.25, -0.2) is 0 Å². The fourth-order valence-electron chi connectivity index (χ4n) is 2.27. The fourth-order valence-corrected chi connectivity index (χ4v) is 2.27. The predicted octanol–water partition coefficient (Wildman–Crippen LogP) is 1.95. The number of benzene rings is 1. The monoisotopic (exact) mass is 244 g/mol. The van der Waals surface area contributed by atoms with Crippen LogP contribution in [-0.2, 0) is 4.79 Å². The van der Waals surface area contributed by atoms with Crippen LogP contribution in [0.1, 0.15) is 31.2 Å². The summed E-state index contributed by atoms with van der Waals surface area (Å²) in [5, 5.41) is 3.27. The second-order valence-corrected chi connectivity index (χ2v) is 5.01. The zero-order chi connectivity index (χ0) is 13.0. The maximum atomic E-state index is 11.8. The van der Waals surface area contributed by atoms with Crippen molar-refractivity contribution in [2.45, 2.75) is 31.7 Å². The summed E-state index contributed by atoms with van der Waals surface area (Å²) in [6.07, 6.45) is 3.22. The number of carbonyl (C=O) groups is 1. The first kappa shape index (κ1) is 12.8. The van der Waals surface area contributed by atoms with Crippen molar-refractivity contribution in [1.29, 1.82) is 0 Å². The van der Waals surface area contributed by atoms with Crippen molar-refractivity contribution in [3.63, 3.8) is 0 Å². The lowest BCUT2D eigenvalue weighted by atomic mass is 9.85. The molecular weight excluding hydrogens is 224 g/mol. The van der Waals surface area contributed by atoms with E-state index in [-0.39, 0.29) is 11.8 Å². The predicted molar refractivity (Wildman–Crippen MR) is 73.2 cm³/mol. The van der Waals surface area contributed by atoms with Gasteiger partial charge in [-0.15, -0.1) is 0 Å². The lowest BCUT2D eigenvalue weighted by molar-refractivity contribution is -0.115. The Morgan fingerprint density at radius 1 is 1.33 bits per heavy atom. The van der Waals surface area contributed by atoms with Crippen LogP contribution in [0.4, 0.5) is 0 Å². The highest BCUT2D eigenvalue weighted by atomic mass is 16.1. The Bertz CT molecular complexity index is 437. The van der Waals surface area contributed by atoms with Crippen LogP contribution in [0, 0.1) is 0 Å². The molecule has 3 nitrogen and oxygen atoms in total. The van der Waals surface area contributed by atoms with Gasteiger partial charge in [-0.3, -0.25) is 4.79 Å². The highest BCUT2D eigenvalue weighted by molar-refractivity contribution is 5.91. The molecule has 1 aromatic carbocycles. The zero-order valence-corrected chi connectivity index (χ0v) is 10.7. The molecule has 0 saturated carbocycles. The normalized spacial score (nSPS) is 21.3. The molecule has 0 fully saturated rings. The van der Waals surface area contributed by atoms with Gasteiger partial charge in [0.2, 0.25) is 0 Å². The number of hydrogen-bond donors (Lipinski definition) is 2. The number of nitrogens with one attached hydrogen (secondary N) is 1. The summed E-state index contributed by atoms with van der Waals surface area (Å²) < 4.78 is 0. The first-order chi connectivity index (χ1) is 8.65. The summed E-state index contributed by atoms with van der Waals surface area (Å²) in [6.45, 7) is 2.66. The molecule has 1 aliphatic carbocycles. The zero-order valence-electron chi connectivity index (χ0n) is 10.7. The minimum atomic E-state index is 0.0955. The molecule has 1 aliphatic rings. The van der Waals surface area contributed by atoms with E-state index in [1.165, 1.54) is 5.56 Å². The Kier molecular flexibility index (Phi) is 4.15. The molecule has 0 radical (unpaired) electrons. The van der Waals surface area contributed by atoms with Crippen molar-refractivity contribution in [2.24, 2.45) is 5.73 Å². The average Bonchev–Trinajstić information content (AvgIpc) is 2.37. The van der Waals surface area contributed by atoms with Crippen molar-refractivity contribution < 1.29 is 4.79 Å². The summed E-state index contributed by atoms with van der Waals surface area (Å²) in [5.41, 5.74) is 7.96. The van der Waals surface area contributed by atoms with Gasteiger partial charge in [-0.2, -0.15) is 0 Å². The lowest BCUT2D eigenvalue weighted by Crippen LogP contribution is -2.32. The van der Waals surface area contributed by atoms with Crippen molar-refractivity contribution in [3.05, 3.63) is 47.7 Å². The van der Waals surface area contributed by atoms with E-state index < -0.39 is 0 Å². The Labute approximate surface area is 108 Å². The maximum absolute atomic E-state index is 11.8. The van der Waals surface area contributed by atoms with E-state index in [1.54, 1.807) is 6.08 Å². The molecule has 0 saturated heterocycles. The molecule has 0 aliphatic heterocycles. The molecule has 18 heavy (non-hydrogen) atoms. The van der Waals surface area contributed by atoms with Crippen LogP contribution < -0.4 is 11.1 Å². The van der Waals surface area contributed by atoms with Crippen LogP contribution in [0.3, 0.4) is 0 Å². The third kappa shape index (κ3) is 3.44. The van der Waals surface area contributed by atoms with Gasteiger partial charge in [-0.05, 0) is 24.8 Å². The molecule has 0 bridgehead atoms. The van der Waals surface area contributed by atoms with Gasteiger partial charge in [0.25, 0.3) is 0 Å². The second kappa shape index (κ2) is 5.83. The maximum Gasteiger partial charge on any atom is 0.158 e. The highest BCUT2D eigenvalue weighted by Crippen LogP contribution is 2.30. The number of nitrogens with two attached hydrogens (primary N) is 1. The minimum absolute atomic E-state index is 0.0955. The van der Waals surface area contributed by atoms with E-state index in [0.717, 1.165) is 12.1 Å². The van der Waals surface area contributed by atoms with Gasteiger partial charge < -0.3 is 11.1 Å². The average molecular weight is 244 g/mol. The van der Waals surface area contributed by atoms with E-state index in [1.807, 2.05) is 25.1 Å². The standard InChI is InChI=1S/C15H20N2O/c1-11(16)10-17-14-7-13(8-15(18)9-14)12-5-3-2-4-6-12/h2-6,9,11,13,17H,7-8,10,16H2,1H3. The molecule has 0 amide bonds. The summed E-state index contributed by atoms with van der Waals surface area (Å²) >= 11 is 0. The lowest BCUT2D eigenvalue weighted by Gasteiger charge is -2.24. The van der Waals surface area contributed by atoms with Crippen molar-refractivity contribution in [3.8, 4) is 0 Å². The molecule has 1 aromatic rings. The molecular formula is C15H20N2O. The SMILES string of the molecule is CC(N)CNC1=CC(=O)CC(c2ccccc2)C1. The van der Waals surface area contributed by atoms with Crippen LogP contribution in [-0.4, -0.2) is 18.4 Å². The second-order valence-electron chi connectivity index (χ2n) is 5.01. The Morgan fingerprint density at radius 2 is 2.06 bits per heavy atom. The number of rotatable bonds is 4. The van der Waals surface area contributed by atoms with Gasteiger partial charge >= 0.3 is 0 Å². The van der Waals surface area contributed by atoms with Crippen LogP contribution in [0.15, 0.2) is 42.1 Å². The fraction of sp³-hybridized carbons (Fsp3) is 0.400. The summed E-state index contributed by atoms with van der Waals surface area (Å²) in [7, 11) is 0. The summed E-state index contributed by atoms with van der Waals surface area (Å²) in [5.74, 6) is 0.488. The van der Waals surface area contributed by atoms with Gasteiger partial charge in [0.1, 0.15) is 0 Å². The third-order valence-electron chi connectivity index (χ3n) is 3.17. The van der Waals surface area contributed by atoms with Crippen LogP contribution in [0.5, 0.6) is 0 Å². The van der Waals surface area contributed by atoms with Gasteiger partial charge in [0, 0.05) is 30.8 Å². The number of carbonyl (C=O) groups excluding carboxylic acids is 1. The number of hydrogen-bond acceptors (Lipinski definition) is 3. The van der Waals surface area contributed by atoms with E-state index in [4.69, 9.17) is 5.73 Å². The first-order valence-corrected chi connectivity index (χ1v) is 6.43. The van der Waals surface area contributed by atoms with E-state index in [9.17, 15) is 4.79 Å². The Hall–Kier alpha value is -1.61. The first-order valence-electron chi connectivity index (χ1n) is 6.43. The highest BCUT2D eigenvalue weighted by Gasteiger charge is 2.21. The largest absolute Gasteiger partial charge is 0.387 e. The topological polar surface area (TPSA) is 55.1 Å². The molecule has 96 valence electrons. The summed E-state index contributed by atoms with van der Waals surface area (Å²) in [6, 6.07) is 10.3. The van der Waals surface area contributed by atoms with Gasteiger partial charge in [0.15, 0.2) is 5.78 Å². The molecule has 3 heteroatoms. The smallest absolute Gasteiger partial charge is 0.158 e.